The molecule has 1 unspecified atom stereocenters. The third-order valence-electron chi connectivity index (χ3n) is 10.7. The maximum Gasteiger partial charge on any atom is 0.141 e. The molecule has 0 aromatic rings. The molecule has 4 aliphatic carbocycles. The first kappa shape index (κ1) is 20.3. The van der Waals surface area contributed by atoms with E-state index < -0.39 is 0 Å². The van der Waals surface area contributed by atoms with Crippen molar-refractivity contribution in [3.05, 3.63) is 0 Å². The predicted molar refractivity (Wildman–Crippen MR) is 117 cm³/mol. The van der Waals surface area contributed by atoms with Gasteiger partial charge in [0.15, 0.2) is 0 Å². The normalized spacial score (nSPS) is 52.7. The first-order valence-corrected chi connectivity index (χ1v) is 12.4. The highest BCUT2D eigenvalue weighted by Gasteiger charge is 2.62. The van der Waals surface area contributed by atoms with Gasteiger partial charge in [0, 0.05) is 18.4 Å². The summed E-state index contributed by atoms with van der Waals surface area (Å²) in [6, 6.07) is 0. The Kier molecular flexibility index (Phi) is 4.87. The summed E-state index contributed by atoms with van der Waals surface area (Å²) < 4.78 is 0. The summed E-state index contributed by atoms with van der Waals surface area (Å²) in [5.74, 6) is 3.09. The minimum Gasteiger partial charge on any atom is -0.393 e. The monoisotopic (exact) mass is 402 g/mol. The van der Waals surface area contributed by atoms with Crippen LogP contribution in [0.4, 0.5) is 0 Å². The molecule has 0 spiro atoms. The van der Waals surface area contributed by atoms with E-state index in [1.54, 1.807) is 0 Å². The Hall–Kier alpha value is -0.610. The lowest BCUT2D eigenvalue weighted by molar-refractivity contribution is -0.131. The molecule has 4 saturated carbocycles. The van der Waals surface area contributed by atoms with Gasteiger partial charge >= 0.3 is 0 Å². The largest absolute Gasteiger partial charge is 0.393 e. The first-order valence-electron chi connectivity index (χ1n) is 12.4. The predicted octanol–water partition coefficient (Wildman–Crippen LogP) is 4.76. The number of nitrogens with zero attached hydrogens (tertiary/aromatic N) is 1. The smallest absolute Gasteiger partial charge is 0.141 e. The highest BCUT2D eigenvalue weighted by atomic mass is 16.6. The molecule has 0 radical (unpaired) electrons. The summed E-state index contributed by atoms with van der Waals surface area (Å²) in [5.41, 5.74) is 2.03. The van der Waals surface area contributed by atoms with Crippen LogP contribution in [-0.2, 0) is 4.84 Å². The van der Waals surface area contributed by atoms with Gasteiger partial charge in [0.2, 0.25) is 0 Å². The first-order chi connectivity index (χ1) is 13.8. The quantitative estimate of drug-likeness (QED) is 0.655. The van der Waals surface area contributed by atoms with E-state index in [4.69, 9.17) is 9.99 Å². The number of rotatable bonds is 2. The molecule has 5 aliphatic rings. The second-order valence-electron chi connectivity index (χ2n) is 12.1. The van der Waals surface area contributed by atoms with E-state index in [9.17, 15) is 5.11 Å². The van der Waals surface area contributed by atoms with Gasteiger partial charge in [-0.1, -0.05) is 32.9 Å². The fraction of sp³-hybridized carbons (Fsp3) is 0.960. The fourth-order valence-corrected chi connectivity index (χ4v) is 8.90. The zero-order valence-electron chi connectivity index (χ0n) is 19.0. The molecular formula is C25H42N2O2. The van der Waals surface area contributed by atoms with Crippen LogP contribution >= 0.6 is 0 Å². The van der Waals surface area contributed by atoms with Gasteiger partial charge in [-0.3, -0.25) is 0 Å². The van der Waals surface area contributed by atoms with Crippen LogP contribution in [0.15, 0.2) is 5.16 Å². The molecule has 1 heterocycles. The summed E-state index contributed by atoms with van der Waals surface area (Å²) in [7, 11) is 0. The van der Waals surface area contributed by atoms with Crippen LogP contribution in [0.1, 0.15) is 85.5 Å². The van der Waals surface area contributed by atoms with Gasteiger partial charge in [0.05, 0.1) is 11.8 Å². The molecule has 0 bridgehead atoms. The summed E-state index contributed by atoms with van der Waals surface area (Å²) >= 11 is 0. The molecule has 8 atom stereocenters. The number of aliphatic hydroxyl groups is 1. The number of hydrogen-bond acceptors (Lipinski definition) is 4. The molecule has 1 aliphatic heterocycles. The zero-order valence-corrected chi connectivity index (χ0v) is 19.0. The van der Waals surface area contributed by atoms with E-state index >= 15 is 0 Å². The molecule has 29 heavy (non-hydrogen) atoms. The van der Waals surface area contributed by atoms with Crippen molar-refractivity contribution in [2.75, 3.05) is 13.1 Å². The molecule has 0 aromatic carbocycles. The molecule has 0 aromatic heterocycles. The zero-order chi connectivity index (χ0) is 20.4. The maximum atomic E-state index is 10.7. The van der Waals surface area contributed by atoms with Gasteiger partial charge in [-0.25, -0.2) is 0 Å². The lowest BCUT2D eigenvalue weighted by atomic mass is 9.41. The topological polar surface area (TPSA) is 53.8 Å². The molecular weight excluding hydrogens is 360 g/mol. The van der Waals surface area contributed by atoms with Gasteiger partial charge < -0.3 is 15.3 Å². The molecule has 1 saturated heterocycles. The average Bonchev–Trinajstić information content (AvgIpc) is 3.29. The van der Waals surface area contributed by atoms with Crippen molar-refractivity contribution in [3.63, 3.8) is 0 Å². The van der Waals surface area contributed by atoms with Crippen molar-refractivity contribution in [2.45, 2.75) is 97.7 Å². The molecule has 4 heteroatoms. The van der Waals surface area contributed by atoms with Crippen molar-refractivity contribution in [3.8, 4) is 0 Å². The maximum absolute atomic E-state index is 10.7. The molecule has 2 N–H and O–H groups in total. The number of oxime groups is 1. The van der Waals surface area contributed by atoms with E-state index in [1.807, 2.05) is 0 Å². The Morgan fingerprint density at radius 2 is 1.72 bits per heavy atom. The van der Waals surface area contributed by atoms with E-state index in [0.717, 1.165) is 50.1 Å². The van der Waals surface area contributed by atoms with Gasteiger partial charge in [-0.15, -0.1) is 0 Å². The third kappa shape index (κ3) is 2.95. The fourth-order valence-electron chi connectivity index (χ4n) is 8.90. The van der Waals surface area contributed by atoms with Gasteiger partial charge in [0.1, 0.15) is 6.10 Å². The Bertz CT molecular complexity index is 670. The Morgan fingerprint density at radius 3 is 2.48 bits per heavy atom. The average molecular weight is 403 g/mol. The Morgan fingerprint density at radius 1 is 0.931 bits per heavy atom. The third-order valence-corrected chi connectivity index (χ3v) is 10.7. The second-order valence-corrected chi connectivity index (χ2v) is 12.1. The molecule has 0 amide bonds. The van der Waals surface area contributed by atoms with Gasteiger partial charge in [-0.2, -0.15) is 0 Å². The van der Waals surface area contributed by atoms with Crippen molar-refractivity contribution in [2.24, 2.45) is 45.1 Å². The number of nitrogens with one attached hydrogen (secondary N) is 1. The molecule has 4 nitrogen and oxygen atoms in total. The van der Waals surface area contributed by atoms with Crippen LogP contribution in [0.2, 0.25) is 0 Å². The van der Waals surface area contributed by atoms with Crippen LogP contribution in [0.3, 0.4) is 0 Å². The van der Waals surface area contributed by atoms with E-state index in [0.29, 0.717) is 11.3 Å². The lowest BCUT2D eigenvalue weighted by Crippen LogP contribution is -2.58. The van der Waals surface area contributed by atoms with Crippen LogP contribution in [-0.4, -0.2) is 36.1 Å². The highest BCUT2D eigenvalue weighted by molar-refractivity contribution is 5.90. The van der Waals surface area contributed by atoms with Crippen LogP contribution in [0.5, 0.6) is 0 Å². The second kappa shape index (κ2) is 6.95. The Balaban J connectivity index is 1.38. The van der Waals surface area contributed by atoms with Crippen molar-refractivity contribution >= 4 is 5.71 Å². The standard InChI is InChI=1S/C25H42N2O2/c1-23(2)20-7-5-17-18-6-8-22(28)25(18,4)12-9-19(17)24(20,3)13-10-21(23)27-29-16-11-14-26-15-16/h16-20,22,26,28H,5-15H2,1-4H3/b27-21+/t16-,17-,18-,19-,20?,22-,24+,25-/m0/s1. The minimum absolute atomic E-state index is 0.0669. The van der Waals surface area contributed by atoms with E-state index in [-0.39, 0.29) is 23.0 Å². The van der Waals surface area contributed by atoms with Crippen LogP contribution in [0.25, 0.3) is 0 Å². The molecule has 5 rings (SSSR count). The summed E-state index contributed by atoms with van der Waals surface area (Å²) in [6.07, 6.45) is 11.1. The summed E-state index contributed by atoms with van der Waals surface area (Å²) in [6.45, 7) is 11.9. The van der Waals surface area contributed by atoms with Gasteiger partial charge in [0.25, 0.3) is 0 Å². The van der Waals surface area contributed by atoms with Crippen LogP contribution < -0.4 is 5.32 Å². The number of hydrogen-bond donors (Lipinski definition) is 2. The summed E-state index contributed by atoms with van der Waals surface area (Å²) in [5, 5.41) is 18.8. The van der Waals surface area contributed by atoms with E-state index in [2.05, 4.69) is 33.0 Å². The van der Waals surface area contributed by atoms with Crippen LogP contribution in [0, 0.1) is 39.9 Å². The SMILES string of the molecule is CC1(C)/C(=N/O[C@H]2CCNC2)CC[C@@]2(C)C1CC[C@H]1[C@@H]3CC[C@H](O)[C@@]3(C)CC[C@@H]12. The van der Waals surface area contributed by atoms with Crippen molar-refractivity contribution < 1.29 is 9.94 Å². The molecule has 164 valence electrons. The number of aliphatic hydroxyl groups excluding tert-OH is 1. The minimum atomic E-state index is -0.0669. The highest BCUT2D eigenvalue weighted by Crippen LogP contribution is 2.68. The Labute approximate surface area is 177 Å². The lowest BCUT2D eigenvalue weighted by Gasteiger charge is -2.63. The van der Waals surface area contributed by atoms with Gasteiger partial charge in [-0.05, 0) is 92.4 Å². The van der Waals surface area contributed by atoms with Crippen molar-refractivity contribution in [1.82, 2.24) is 5.32 Å². The van der Waals surface area contributed by atoms with Crippen molar-refractivity contribution in [1.29, 1.82) is 0 Å². The number of fused-ring (bicyclic) bond motifs is 5. The molecule has 5 fully saturated rings. The summed E-state index contributed by atoms with van der Waals surface area (Å²) in [4.78, 5) is 5.98. The van der Waals surface area contributed by atoms with E-state index in [1.165, 1.54) is 44.2 Å².